The molecule has 0 radical (unpaired) electrons. The highest BCUT2D eigenvalue weighted by molar-refractivity contribution is 6.25. The molecule has 0 aromatic heterocycles. The Morgan fingerprint density at radius 1 is 1.00 bits per heavy atom. The Hall–Kier alpha value is -2.74. The van der Waals surface area contributed by atoms with Gasteiger partial charge in [-0.25, -0.2) is 0 Å². The van der Waals surface area contributed by atoms with Crippen molar-refractivity contribution in [3.63, 3.8) is 0 Å². The smallest absolute Gasteiger partial charge is 0.264 e. The summed E-state index contributed by atoms with van der Waals surface area (Å²) in [5.41, 5.74) is 1.86. The van der Waals surface area contributed by atoms with E-state index in [0.29, 0.717) is 28.1 Å². The van der Waals surface area contributed by atoms with E-state index in [9.17, 15) is 19.2 Å². The first-order valence-corrected chi connectivity index (χ1v) is 13.7. The van der Waals surface area contributed by atoms with E-state index in [2.05, 4.69) is 22.5 Å². The van der Waals surface area contributed by atoms with Gasteiger partial charge in [-0.3, -0.25) is 34.3 Å². The lowest BCUT2D eigenvalue weighted by Gasteiger charge is -2.62. The summed E-state index contributed by atoms with van der Waals surface area (Å²) in [6, 6.07) is 5.11. The fourth-order valence-electron chi connectivity index (χ4n) is 7.38. The summed E-state index contributed by atoms with van der Waals surface area (Å²) in [6.07, 6.45) is 9.42. The summed E-state index contributed by atoms with van der Waals surface area (Å²) >= 11 is 0. The van der Waals surface area contributed by atoms with Crippen molar-refractivity contribution in [2.75, 3.05) is 25.0 Å². The molecule has 2 saturated carbocycles. The molecule has 4 amide bonds. The van der Waals surface area contributed by atoms with Crippen LogP contribution >= 0.6 is 0 Å². The molecule has 6 rings (SSSR count). The van der Waals surface area contributed by atoms with E-state index in [-0.39, 0.29) is 18.7 Å². The minimum absolute atomic E-state index is 0.120. The van der Waals surface area contributed by atoms with Crippen LogP contribution in [0.3, 0.4) is 0 Å². The van der Waals surface area contributed by atoms with Crippen molar-refractivity contribution in [1.82, 2.24) is 15.1 Å². The first-order chi connectivity index (χ1) is 17.3. The number of fused-ring (bicyclic) bond motifs is 1. The number of nitrogens with one attached hydrogen (secondary N) is 2. The average molecular weight is 493 g/mol. The molecule has 8 heteroatoms. The molecule has 4 fully saturated rings. The van der Waals surface area contributed by atoms with E-state index in [1.54, 1.807) is 12.1 Å². The van der Waals surface area contributed by atoms with Gasteiger partial charge < -0.3 is 5.32 Å². The SMILES string of the molecule is CC1CCC(N2CC3(CC(CCNc4cccc5c4C(=O)N(C4CCC(=O)NC4=O)C5=O)C3)C2)CC1. The Morgan fingerprint density at radius 2 is 1.75 bits per heavy atom. The third kappa shape index (κ3) is 4.03. The molecule has 0 bridgehead atoms. The zero-order valence-corrected chi connectivity index (χ0v) is 21.1. The molecule has 36 heavy (non-hydrogen) atoms. The average Bonchev–Trinajstić information content (AvgIpc) is 3.06. The maximum Gasteiger partial charge on any atom is 0.264 e. The number of carbonyl (C=O) groups excluding carboxylic acids is 4. The molecular weight excluding hydrogens is 456 g/mol. The first kappa shape index (κ1) is 23.6. The number of carbonyl (C=O) groups is 4. The zero-order valence-electron chi connectivity index (χ0n) is 21.1. The van der Waals surface area contributed by atoms with Crippen LogP contribution < -0.4 is 10.6 Å². The highest BCUT2D eigenvalue weighted by Crippen LogP contribution is 2.54. The van der Waals surface area contributed by atoms with Gasteiger partial charge in [-0.15, -0.1) is 0 Å². The van der Waals surface area contributed by atoms with E-state index in [4.69, 9.17) is 0 Å². The lowest BCUT2D eigenvalue weighted by atomic mass is 9.56. The summed E-state index contributed by atoms with van der Waals surface area (Å²) in [5.74, 6) is -0.261. The van der Waals surface area contributed by atoms with E-state index in [0.717, 1.165) is 29.8 Å². The monoisotopic (exact) mass is 492 g/mol. The summed E-state index contributed by atoms with van der Waals surface area (Å²) in [5, 5.41) is 5.64. The number of hydrogen-bond donors (Lipinski definition) is 2. The summed E-state index contributed by atoms with van der Waals surface area (Å²) in [4.78, 5) is 53.8. The van der Waals surface area contributed by atoms with Crippen molar-refractivity contribution in [1.29, 1.82) is 0 Å². The van der Waals surface area contributed by atoms with Gasteiger partial charge in [0.1, 0.15) is 6.04 Å². The van der Waals surface area contributed by atoms with Crippen molar-refractivity contribution in [3.8, 4) is 0 Å². The van der Waals surface area contributed by atoms with E-state index in [1.807, 2.05) is 6.07 Å². The van der Waals surface area contributed by atoms with Crippen LogP contribution in [-0.4, -0.2) is 65.1 Å². The van der Waals surface area contributed by atoms with E-state index >= 15 is 0 Å². The topological polar surface area (TPSA) is 98.8 Å². The predicted octanol–water partition coefficient (Wildman–Crippen LogP) is 3.18. The van der Waals surface area contributed by atoms with Crippen molar-refractivity contribution >= 4 is 29.3 Å². The highest BCUT2D eigenvalue weighted by Gasteiger charge is 2.53. The Balaban J connectivity index is 1.01. The molecule has 192 valence electrons. The molecule has 3 heterocycles. The molecule has 8 nitrogen and oxygen atoms in total. The van der Waals surface area contributed by atoms with Crippen LogP contribution in [0.2, 0.25) is 0 Å². The number of anilines is 1. The van der Waals surface area contributed by atoms with Crippen molar-refractivity contribution in [2.45, 2.75) is 76.8 Å². The molecule has 1 aromatic rings. The van der Waals surface area contributed by atoms with Crippen LogP contribution in [0.1, 0.15) is 85.4 Å². The second kappa shape index (κ2) is 8.98. The first-order valence-electron chi connectivity index (χ1n) is 13.7. The van der Waals surface area contributed by atoms with Crippen LogP contribution in [0.5, 0.6) is 0 Å². The van der Waals surface area contributed by atoms with Gasteiger partial charge >= 0.3 is 0 Å². The second-order valence-electron chi connectivity index (χ2n) is 12.0. The summed E-state index contributed by atoms with van der Waals surface area (Å²) in [7, 11) is 0. The van der Waals surface area contributed by atoms with Gasteiger partial charge in [-0.05, 0) is 80.8 Å². The fraction of sp³-hybridized carbons (Fsp3) is 0.643. The van der Waals surface area contributed by atoms with Crippen LogP contribution in [0.15, 0.2) is 18.2 Å². The van der Waals surface area contributed by atoms with Gasteiger partial charge in [0.05, 0.1) is 11.1 Å². The lowest BCUT2D eigenvalue weighted by Crippen LogP contribution is -2.65. The fourth-order valence-corrected chi connectivity index (χ4v) is 7.38. The zero-order chi connectivity index (χ0) is 25.0. The van der Waals surface area contributed by atoms with Crippen LogP contribution in [-0.2, 0) is 9.59 Å². The standard InChI is InChI=1S/C28H36N4O4/c1-17-5-7-19(8-6-17)31-15-28(16-31)13-18(14-28)11-12-29-21-4-2-3-20-24(21)27(36)32(26(20)35)22-9-10-23(33)30-25(22)34/h2-4,17-19,22,29H,5-16H2,1H3,(H,30,33,34). The normalized spacial score (nSPS) is 30.1. The highest BCUT2D eigenvalue weighted by atomic mass is 16.2. The molecular formula is C28H36N4O4. The third-order valence-corrected chi connectivity index (χ3v) is 9.36. The Labute approximate surface area is 212 Å². The Bertz CT molecular complexity index is 1090. The molecule has 1 atom stereocenters. The summed E-state index contributed by atoms with van der Waals surface area (Å²) in [6.45, 7) is 5.68. The predicted molar refractivity (Wildman–Crippen MR) is 134 cm³/mol. The number of rotatable bonds is 6. The number of likely N-dealkylation sites (tertiary alicyclic amines) is 1. The van der Waals surface area contributed by atoms with Crippen LogP contribution in [0.4, 0.5) is 5.69 Å². The number of nitrogens with zero attached hydrogens (tertiary/aromatic N) is 2. The minimum Gasteiger partial charge on any atom is -0.384 e. The number of piperidine rings is 1. The molecule has 1 unspecified atom stereocenters. The van der Waals surface area contributed by atoms with Crippen LogP contribution in [0.25, 0.3) is 0 Å². The molecule has 1 spiro atoms. The van der Waals surface area contributed by atoms with Crippen molar-refractivity contribution < 1.29 is 19.2 Å². The van der Waals surface area contributed by atoms with E-state index < -0.39 is 23.8 Å². The Kier molecular flexibility index (Phi) is 5.90. The van der Waals surface area contributed by atoms with Gasteiger partial charge in [-0.1, -0.05) is 13.0 Å². The molecule has 2 aliphatic carbocycles. The molecule has 1 aromatic carbocycles. The second-order valence-corrected chi connectivity index (χ2v) is 12.0. The molecule has 3 aliphatic heterocycles. The Morgan fingerprint density at radius 3 is 2.47 bits per heavy atom. The molecule has 2 N–H and O–H groups in total. The van der Waals surface area contributed by atoms with E-state index in [1.165, 1.54) is 51.6 Å². The number of amides is 4. The number of hydrogen-bond acceptors (Lipinski definition) is 6. The van der Waals surface area contributed by atoms with Crippen molar-refractivity contribution in [2.24, 2.45) is 17.3 Å². The van der Waals surface area contributed by atoms with Gasteiger partial charge in [0.15, 0.2) is 0 Å². The van der Waals surface area contributed by atoms with Gasteiger partial charge in [-0.2, -0.15) is 0 Å². The largest absolute Gasteiger partial charge is 0.384 e. The lowest BCUT2D eigenvalue weighted by molar-refractivity contribution is -0.136. The molecule has 2 saturated heterocycles. The summed E-state index contributed by atoms with van der Waals surface area (Å²) < 4.78 is 0. The quantitative estimate of drug-likeness (QED) is 0.592. The number of benzene rings is 1. The molecule has 5 aliphatic rings. The van der Waals surface area contributed by atoms with Gasteiger partial charge in [0.2, 0.25) is 11.8 Å². The number of imide groups is 2. The minimum atomic E-state index is -0.937. The third-order valence-electron chi connectivity index (χ3n) is 9.36. The van der Waals surface area contributed by atoms with Crippen molar-refractivity contribution in [3.05, 3.63) is 29.3 Å². The maximum atomic E-state index is 13.2. The van der Waals surface area contributed by atoms with Crippen LogP contribution in [0, 0.1) is 17.3 Å². The van der Waals surface area contributed by atoms with Gasteiger partial charge in [0, 0.05) is 37.8 Å². The maximum absolute atomic E-state index is 13.2. The van der Waals surface area contributed by atoms with Gasteiger partial charge in [0.25, 0.3) is 11.8 Å².